The van der Waals surface area contributed by atoms with Gasteiger partial charge in [0.25, 0.3) is 0 Å². The van der Waals surface area contributed by atoms with Crippen LogP contribution < -0.4 is 4.74 Å². The molecular weight excluding hydrogens is 269 g/mol. The lowest BCUT2D eigenvalue weighted by molar-refractivity contribution is 0.306. The van der Waals surface area contributed by atoms with Crippen molar-refractivity contribution >= 4 is 10.9 Å². The Hall–Kier alpha value is -2.49. The van der Waals surface area contributed by atoms with Crippen LogP contribution in [0.4, 0.5) is 4.39 Å². The van der Waals surface area contributed by atoms with Gasteiger partial charge in [0, 0.05) is 29.2 Å². The quantitative estimate of drug-likeness (QED) is 0.783. The van der Waals surface area contributed by atoms with E-state index < -0.39 is 0 Å². The molecule has 1 heterocycles. The molecule has 108 valence electrons. The summed E-state index contributed by atoms with van der Waals surface area (Å²) >= 11 is 0. The van der Waals surface area contributed by atoms with Gasteiger partial charge in [-0.15, -0.1) is 0 Å². The second-order valence-corrected chi connectivity index (χ2v) is 4.88. The molecule has 2 aromatic carbocycles. The Bertz CT molecular complexity index is 762. The van der Waals surface area contributed by atoms with Crippen LogP contribution in [0.15, 0.2) is 48.7 Å². The van der Waals surface area contributed by atoms with Crippen molar-refractivity contribution in [1.29, 1.82) is 0 Å². The number of hydrogen-bond acceptors (Lipinski definition) is 2. The summed E-state index contributed by atoms with van der Waals surface area (Å²) in [6, 6.07) is 11.4. The van der Waals surface area contributed by atoms with Crippen molar-refractivity contribution in [3.05, 3.63) is 60.0 Å². The summed E-state index contributed by atoms with van der Waals surface area (Å²) in [4.78, 5) is 0. The Morgan fingerprint density at radius 3 is 2.62 bits per heavy atom. The lowest BCUT2D eigenvalue weighted by Crippen LogP contribution is -1.95. The molecule has 3 rings (SSSR count). The van der Waals surface area contributed by atoms with Crippen LogP contribution in [0.25, 0.3) is 10.9 Å². The Morgan fingerprint density at radius 2 is 1.90 bits per heavy atom. The number of ether oxygens (including phenoxy) is 1. The molecule has 0 atom stereocenters. The van der Waals surface area contributed by atoms with Crippen molar-refractivity contribution in [2.45, 2.75) is 20.1 Å². The molecule has 0 aliphatic heterocycles. The van der Waals surface area contributed by atoms with Gasteiger partial charge in [-0.3, -0.25) is 0 Å². The van der Waals surface area contributed by atoms with E-state index in [1.807, 2.05) is 13.1 Å². The predicted octanol–water partition coefficient (Wildman–Crippen LogP) is 4.08. The molecule has 0 bridgehead atoms. The second-order valence-electron chi connectivity index (χ2n) is 4.88. The molecule has 3 nitrogen and oxygen atoms in total. The molecule has 0 radical (unpaired) electrons. The van der Waals surface area contributed by atoms with Gasteiger partial charge in [0.1, 0.15) is 23.9 Å². The summed E-state index contributed by atoms with van der Waals surface area (Å²) in [5.41, 5.74) is 1.95. The number of phenolic OH excluding ortho intramolecular Hbond substituents is 1. The van der Waals surface area contributed by atoms with Gasteiger partial charge >= 0.3 is 0 Å². The van der Waals surface area contributed by atoms with Crippen LogP contribution in [0, 0.1) is 5.82 Å². The minimum Gasteiger partial charge on any atom is -0.508 e. The lowest BCUT2D eigenvalue weighted by atomic mass is 10.2. The van der Waals surface area contributed by atoms with E-state index in [-0.39, 0.29) is 11.6 Å². The molecule has 0 spiro atoms. The maximum Gasteiger partial charge on any atom is 0.123 e. The standard InChI is InChI=1S/C17H16FNO2/c1-2-19-10-12(16-9-13(18)3-8-17(16)19)11-21-15-6-4-14(20)5-7-15/h3-10,20H,2,11H2,1H3. The van der Waals surface area contributed by atoms with Crippen LogP contribution in [0.5, 0.6) is 11.5 Å². The summed E-state index contributed by atoms with van der Waals surface area (Å²) in [5, 5.41) is 10.1. The topological polar surface area (TPSA) is 34.4 Å². The summed E-state index contributed by atoms with van der Waals surface area (Å²) in [7, 11) is 0. The second kappa shape index (κ2) is 5.48. The fourth-order valence-electron chi connectivity index (χ4n) is 2.42. The molecule has 0 amide bonds. The first-order valence-corrected chi connectivity index (χ1v) is 6.86. The van der Waals surface area contributed by atoms with Crippen molar-refractivity contribution in [2.24, 2.45) is 0 Å². The number of rotatable bonds is 4. The first-order valence-electron chi connectivity index (χ1n) is 6.86. The average Bonchev–Trinajstić information content (AvgIpc) is 2.84. The predicted molar refractivity (Wildman–Crippen MR) is 80.0 cm³/mol. The molecule has 3 aromatic rings. The number of phenols is 1. The zero-order valence-electron chi connectivity index (χ0n) is 11.7. The summed E-state index contributed by atoms with van der Waals surface area (Å²) in [5.74, 6) is 0.621. The number of aryl methyl sites for hydroxylation is 1. The van der Waals surface area contributed by atoms with Crippen LogP contribution in [-0.2, 0) is 13.2 Å². The molecule has 0 aliphatic rings. The van der Waals surface area contributed by atoms with E-state index in [1.54, 1.807) is 30.3 Å². The van der Waals surface area contributed by atoms with Gasteiger partial charge in [-0.1, -0.05) is 0 Å². The SMILES string of the molecule is CCn1cc(COc2ccc(O)cc2)c2cc(F)ccc21. The van der Waals surface area contributed by atoms with E-state index in [1.165, 1.54) is 12.1 Å². The number of benzene rings is 2. The number of aromatic hydroxyl groups is 1. The molecule has 0 unspecified atom stereocenters. The normalized spacial score (nSPS) is 11.0. The van der Waals surface area contributed by atoms with Crippen molar-refractivity contribution in [2.75, 3.05) is 0 Å². The molecule has 0 aliphatic carbocycles. The highest BCUT2D eigenvalue weighted by atomic mass is 19.1. The molecule has 1 N–H and O–H groups in total. The van der Waals surface area contributed by atoms with Crippen LogP contribution >= 0.6 is 0 Å². The highest BCUT2D eigenvalue weighted by Gasteiger charge is 2.09. The van der Waals surface area contributed by atoms with Crippen LogP contribution in [0.3, 0.4) is 0 Å². The smallest absolute Gasteiger partial charge is 0.123 e. The average molecular weight is 285 g/mol. The number of aromatic nitrogens is 1. The Kier molecular flexibility index (Phi) is 3.52. The molecular formula is C17H16FNO2. The van der Waals surface area contributed by atoms with Crippen molar-refractivity contribution in [1.82, 2.24) is 4.57 Å². The summed E-state index contributed by atoms with van der Waals surface area (Å²) in [6.07, 6.45) is 1.99. The molecule has 4 heteroatoms. The molecule has 1 aromatic heterocycles. The van der Waals surface area contributed by atoms with E-state index in [2.05, 4.69) is 4.57 Å². The van der Waals surface area contributed by atoms with Gasteiger partial charge in [0.2, 0.25) is 0 Å². The number of nitrogens with zero attached hydrogens (tertiary/aromatic N) is 1. The van der Waals surface area contributed by atoms with Gasteiger partial charge in [0.05, 0.1) is 0 Å². The monoisotopic (exact) mass is 285 g/mol. The van der Waals surface area contributed by atoms with Gasteiger partial charge in [-0.05, 0) is 49.4 Å². The highest BCUT2D eigenvalue weighted by Crippen LogP contribution is 2.24. The van der Waals surface area contributed by atoms with E-state index in [0.717, 1.165) is 23.0 Å². The van der Waals surface area contributed by atoms with Gasteiger partial charge in [-0.2, -0.15) is 0 Å². The lowest BCUT2D eigenvalue weighted by Gasteiger charge is -2.05. The maximum atomic E-state index is 13.5. The summed E-state index contributed by atoms with van der Waals surface area (Å²) < 4.78 is 21.2. The van der Waals surface area contributed by atoms with Crippen molar-refractivity contribution in [3.63, 3.8) is 0 Å². The van der Waals surface area contributed by atoms with E-state index >= 15 is 0 Å². The number of halogens is 1. The van der Waals surface area contributed by atoms with Crippen LogP contribution in [0.2, 0.25) is 0 Å². The van der Waals surface area contributed by atoms with Crippen LogP contribution in [0.1, 0.15) is 12.5 Å². The first-order chi connectivity index (χ1) is 10.2. The molecule has 0 saturated heterocycles. The van der Waals surface area contributed by atoms with Crippen LogP contribution in [-0.4, -0.2) is 9.67 Å². The number of hydrogen-bond donors (Lipinski definition) is 1. The Morgan fingerprint density at radius 1 is 1.14 bits per heavy atom. The third-order valence-electron chi connectivity index (χ3n) is 3.50. The summed E-state index contributed by atoms with van der Waals surface area (Å²) in [6.45, 7) is 3.23. The highest BCUT2D eigenvalue weighted by molar-refractivity contribution is 5.84. The third kappa shape index (κ3) is 2.70. The Balaban J connectivity index is 1.89. The minimum atomic E-state index is -0.248. The number of fused-ring (bicyclic) bond motifs is 1. The third-order valence-corrected chi connectivity index (χ3v) is 3.50. The van der Waals surface area contributed by atoms with Gasteiger partial charge < -0.3 is 14.4 Å². The minimum absolute atomic E-state index is 0.201. The zero-order valence-corrected chi connectivity index (χ0v) is 11.7. The Labute approximate surface area is 122 Å². The van der Waals surface area contributed by atoms with Crippen molar-refractivity contribution in [3.8, 4) is 11.5 Å². The zero-order chi connectivity index (χ0) is 14.8. The van der Waals surface area contributed by atoms with E-state index in [4.69, 9.17) is 4.74 Å². The van der Waals surface area contributed by atoms with E-state index in [0.29, 0.717) is 12.4 Å². The fourth-order valence-corrected chi connectivity index (χ4v) is 2.42. The van der Waals surface area contributed by atoms with E-state index in [9.17, 15) is 9.50 Å². The molecule has 21 heavy (non-hydrogen) atoms. The van der Waals surface area contributed by atoms with Gasteiger partial charge in [-0.25, -0.2) is 4.39 Å². The molecule has 0 saturated carbocycles. The van der Waals surface area contributed by atoms with Crippen molar-refractivity contribution < 1.29 is 14.2 Å². The first kappa shape index (κ1) is 13.5. The molecule has 0 fully saturated rings. The van der Waals surface area contributed by atoms with Gasteiger partial charge in [0.15, 0.2) is 0 Å². The fraction of sp³-hybridized carbons (Fsp3) is 0.176. The largest absolute Gasteiger partial charge is 0.508 e. The maximum absolute atomic E-state index is 13.5.